The normalized spacial score (nSPS) is 13.9. The number of carboxylic acids is 1. The Kier molecular flexibility index (Phi) is 4.95. The molecule has 1 N–H and O–H groups in total. The van der Waals surface area contributed by atoms with E-state index in [9.17, 15) is 9.90 Å². The molecule has 92 valence electrons. The van der Waals surface area contributed by atoms with Gasteiger partial charge < -0.3 is 5.11 Å². The summed E-state index contributed by atoms with van der Waals surface area (Å²) in [4.78, 5) is 11.5. The summed E-state index contributed by atoms with van der Waals surface area (Å²) in [7, 11) is 0. The summed E-state index contributed by atoms with van der Waals surface area (Å²) in [5.41, 5.74) is 0.105. The van der Waals surface area contributed by atoms with Crippen molar-refractivity contribution in [2.75, 3.05) is 0 Å². The van der Waals surface area contributed by atoms with Crippen LogP contribution in [0.5, 0.6) is 0 Å². The van der Waals surface area contributed by atoms with Crippen molar-refractivity contribution in [3.63, 3.8) is 0 Å². The number of benzene rings is 1. The van der Waals surface area contributed by atoms with Gasteiger partial charge in [-0.2, -0.15) is 0 Å². The van der Waals surface area contributed by atoms with Crippen molar-refractivity contribution in [1.29, 1.82) is 0 Å². The molecule has 0 aliphatic carbocycles. The Labute approximate surface area is 103 Å². The summed E-state index contributed by atoms with van der Waals surface area (Å²) >= 11 is 0. The topological polar surface area (TPSA) is 37.3 Å². The Hall–Kier alpha value is -1.57. The van der Waals surface area contributed by atoms with Crippen molar-refractivity contribution in [2.24, 2.45) is 0 Å². The molecule has 1 aromatic rings. The fraction of sp³-hybridized carbons (Fsp3) is 0.400. The first kappa shape index (κ1) is 13.5. The first-order valence-electron chi connectivity index (χ1n) is 6.01. The van der Waals surface area contributed by atoms with E-state index in [1.165, 1.54) is 0 Å². The molecule has 0 amide bonds. The molecule has 0 unspecified atom stereocenters. The Morgan fingerprint density at radius 1 is 1.35 bits per heavy atom. The standard InChI is InChI=1S/C15H20O2/c1-3-4-5-9-12-15(2,14(16)17)13-10-7-6-8-11-13/h3,6-8,10-11H,1,4-5,9,12H2,2H3,(H,16,17)/t15-/m1/s1. The Bertz CT molecular complexity index is 370. The average molecular weight is 232 g/mol. The summed E-state index contributed by atoms with van der Waals surface area (Å²) in [5.74, 6) is -0.748. The van der Waals surface area contributed by atoms with Crippen LogP contribution in [0.4, 0.5) is 0 Å². The second-order valence-corrected chi connectivity index (χ2v) is 4.54. The number of rotatable bonds is 7. The molecule has 0 aliphatic heterocycles. The summed E-state index contributed by atoms with van der Waals surface area (Å²) < 4.78 is 0. The number of hydrogen-bond acceptors (Lipinski definition) is 1. The van der Waals surface area contributed by atoms with Crippen molar-refractivity contribution in [2.45, 2.75) is 38.0 Å². The molecule has 0 radical (unpaired) electrons. The highest BCUT2D eigenvalue weighted by molar-refractivity contribution is 5.80. The lowest BCUT2D eigenvalue weighted by atomic mass is 9.78. The van der Waals surface area contributed by atoms with E-state index in [1.54, 1.807) is 6.92 Å². The smallest absolute Gasteiger partial charge is 0.313 e. The van der Waals surface area contributed by atoms with Crippen LogP contribution in [0.1, 0.15) is 38.2 Å². The first-order valence-corrected chi connectivity index (χ1v) is 6.01. The van der Waals surface area contributed by atoms with Crippen LogP contribution in [0.25, 0.3) is 0 Å². The summed E-state index contributed by atoms with van der Waals surface area (Å²) in [6, 6.07) is 9.47. The number of allylic oxidation sites excluding steroid dienone is 1. The number of carboxylic acid groups (broad SMARTS) is 1. The van der Waals surface area contributed by atoms with Gasteiger partial charge in [-0.15, -0.1) is 6.58 Å². The molecule has 0 saturated carbocycles. The van der Waals surface area contributed by atoms with Crippen LogP contribution >= 0.6 is 0 Å². The largest absolute Gasteiger partial charge is 0.481 e. The maximum absolute atomic E-state index is 11.5. The lowest BCUT2D eigenvalue weighted by molar-refractivity contribution is -0.143. The van der Waals surface area contributed by atoms with Gasteiger partial charge in [0.1, 0.15) is 0 Å². The van der Waals surface area contributed by atoms with Crippen LogP contribution in [0.2, 0.25) is 0 Å². The zero-order valence-electron chi connectivity index (χ0n) is 10.4. The van der Waals surface area contributed by atoms with Gasteiger partial charge >= 0.3 is 5.97 Å². The van der Waals surface area contributed by atoms with Crippen molar-refractivity contribution >= 4 is 5.97 Å². The van der Waals surface area contributed by atoms with Gasteiger partial charge in [-0.05, 0) is 31.7 Å². The predicted molar refractivity (Wildman–Crippen MR) is 70.1 cm³/mol. The van der Waals surface area contributed by atoms with E-state index in [0.29, 0.717) is 6.42 Å². The molecular formula is C15H20O2. The van der Waals surface area contributed by atoms with Crippen LogP contribution in [0.15, 0.2) is 43.0 Å². The molecule has 1 rings (SSSR count). The van der Waals surface area contributed by atoms with E-state index in [4.69, 9.17) is 0 Å². The summed E-state index contributed by atoms with van der Waals surface area (Å²) in [6.45, 7) is 5.48. The minimum absolute atomic E-state index is 0.667. The predicted octanol–water partition coefficient (Wildman–Crippen LogP) is 3.78. The lowest BCUT2D eigenvalue weighted by Gasteiger charge is -2.25. The molecule has 1 atom stereocenters. The highest BCUT2D eigenvalue weighted by Gasteiger charge is 2.34. The van der Waals surface area contributed by atoms with E-state index in [0.717, 1.165) is 24.8 Å². The fourth-order valence-electron chi connectivity index (χ4n) is 1.95. The van der Waals surface area contributed by atoms with Gasteiger partial charge in [0.15, 0.2) is 0 Å². The second kappa shape index (κ2) is 6.24. The van der Waals surface area contributed by atoms with E-state index in [2.05, 4.69) is 6.58 Å². The van der Waals surface area contributed by atoms with Gasteiger partial charge in [0.05, 0.1) is 5.41 Å². The number of carbonyl (C=O) groups is 1. The molecule has 17 heavy (non-hydrogen) atoms. The number of hydrogen-bond donors (Lipinski definition) is 1. The molecule has 0 heterocycles. The quantitative estimate of drug-likeness (QED) is 0.574. The van der Waals surface area contributed by atoms with Crippen LogP contribution in [0, 0.1) is 0 Å². The highest BCUT2D eigenvalue weighted by Crippen LogP contribution is 2.30. The molecule has 0 aliphatic rings. The fourth-order valence-corrected chi connectivity index (χ4v) is 1.95. The molecule has 0 aromatic heterocycles. The van der Waals surface area contributed by atoms with E-state index in [-0.39, 0.29) is 0 Å². The average Bonchev–Trinajstić information content (AvgIpc) is 2.35. The maximum atomic E-state index is 11.5. The second-order valence-electron chi connectivity index (χ2n) is 4.54. The van der Waals surface area contributed by atoms with Crippen LogP contribution in [-0.2, 0) is 10.2 Å². The van der Waals surface area contributed by atoms with Gasteiger partial charge in [-0.3, -0.25) is 4.79 Å². The molecule has 0 bridgehead atoms. The summed E-state index contributed by atoms with van der Waals surface area (Å²) in [5, 5.41) is 9.42. The first-order chi connectivity index (χ1) is 8.11. The molecule has 0 fully saturated rings. The molecule has 2 heteroatoms. The third-order valence-corrected chi connectivity index (χ3v) is 3.22. The Morgan fingerprint density at radius 3 is 2.53 bits per heavy atom. The van der Waals surface area contributed by atoms with Crippen molar-refractivity contribution in [3.05, 3.63) is 48.6 Å². The minimum atomic E-state index is -0.775. The van der Waals surface area contributed by atoms with Gasteiger partial charge in [0.2, 0.25) is 0 Å². The molecular weight excluding hydrogens is 212 g/mol. The molecule has 2 nitrogen and oxygen atoms in total. The van der Waals surface area contributed by atoms with Gasteiger partial charge in [-0.1, -0.05) is 42.8 Å². The van der Waals surface area contributed by atoms with Gasteiger partial charge in [0.25, 0.3) is 0 Å². The third kappa shape index (κ3) is 3.45. The van der Waals surface area contributed by atoms with E-state index >= 15 is 0 Å². The van der Waals surface area contributed by atoms with Crippen LogP contribution in [-0.4, -0.2) is 11.1 Å². The number of aliphatic carboxylic acids is 1. The van der Waals surface area contributed by atoms with Crippen molar-refractivity contribution in [1.82, 2.24) is 0 Å². The zero-order chi connectivity index (χ0) is 12.7. The van der Waals surface area contributed by atoms with Crippen molar-refractivity contribution < 1.29 is 9.90 Å². The minimum Gasteiger partial charge on any atom is -0.481 e. The molecule has 0 saturated heterocycles. The Morgan fingerprint density at radius 2 is 2.00 bits per heavy atom. The SMILES string of the molecule is C=CCCCC[C@@](C)(C(=O)O)c1ccccc1. The highest BCUT2D eigenvalue weighted by atomic mass is 16.4. The van der Waals surface area contributed by atoms with Crippen molar-refractivity contribution in [3.8, 4) is 0 Å². The van der Waals surface area contributed by atoms with Gasteiger partial charge in [0, 0.05) is 0 Å². The molecule has 1 aromatic carbocycles. The molecule has 0 spiro atoms. The maximum Gasteiger partial charge on any atom is 0.313 e. The lowest BCUT2D eigenvalue weighted by Crippen LogP contribution is -2.32. The van der Waals surface area contributed by atoms with Crippen LogP contribution < -0.4 is 0 Å². The third-order valence-electron chi connectivity index (χ3n) is 3.22. The van der Waals surface area contributed by atoms with E-state index in [1.807, 2.05) is 36.4 Å². The zero-order valence-corrected chi connectivity index (χ0v) is 10.4. The monoisotopic (exact) mass is 232 g/mol. The number of unbranched alkanes of at least 4 members (excludes halogenated alkanes) is 2. The van der Waals surface area contributed by atoms with E-state index < -0.39 is 11.4 Å². The van der Waals surface area contributed by atoms with Crippen LogP contribution in [0.3, 0.4) is 0 Å². The Balaban J connectivity index is 2.76. The summed E-state index contributed by atoms with van der Waals surface area (Å²) in [6.07, 6.45) is 5.40. The van der Waals surface area contributed by atoms with Gasteiger partial charge in [-0.25, -0.2) is 0 Å².